The lowest BCUT2D eigenvalue weighted by Gasteiger charge is -2.27. The van der Waals surface area contributed by atoms with Gasteiger partial charge in [-0.25, -0.2) is 10.1 Å². The van der Waals surface area contributed by atoms with Crippen LogP contribution in [0.5, 0.6) is 0 Å². The number of hydrogen-bond donors (Lipinski definition) is 0. The van der Waals surface area contributed by atoms with Gasteiger partial charge in [0, 0.05) is 25.4 Å². The normalized spacial score (nSPS) is 20.4. The summed E-state index contributed by atoms with van der Waals surface area (Å²) in [6, 6.07) is 0. The quantitative estimate of drug-likeness (QED) is 0.385. The molecule has 0 bridgehead atoms. The molecule has 0 saturated carbocycles. The summed E-state index contributed by atoms with van der Waals surface area (Å²) in [7, 11) is 0. The fraction of sp³-hybridized carbons (Fsp3) is 0.900. The maximum absolute atomic E-state index is 13.0. The maximum atomic E-state index is 13.0. The van der Waals surface area contributed by atoms with Crippen molar-refractivity contribution in [1.29, 1.82) is 0 Å². The molecule has 0 N–H and O–H groups in total. The van der Waals surface area contributed by atoms with Gasteiger partial charge in [0.05, 0.1) is 6.61 Å². The SMILES string of the molecule is CCCSP(=O)(OCC)N1CCN(CC)C1=N[N+](=O)[O-]. The maximum Gasteiger partial charge on any atom is 0.356 e. The van der Waals surface area contributed by atoms with E-state index < -0.39 is 11.8 Å². The number of nitro groups is 1. The van der Waals surface area contributed by atoms with Gasteiger partial charge >= 0.3 is 6.72 Å². The van der Waals surface area contributed by atoms with Gasteiger partial charge < -0.3 is 9.42 Å². The van der Waals surface area contributed by atoms with E-state index in [9.17, 15) is 14.7 Å². The molecular weight excluding hydrogens is 303 g/mol. The topological polar surface area (TPSA) is 88.3 Å². The highest BCUT2D eigenvalue weighted by Gasteiger charge is 2.42. The minimum atomic E-state index is -3.17. The van der Waals surface area contributed by atoms with Gasteiger partial charge in [-0.3, -0.25) is 9.24 Å². The van der Waals surface area contributed by atoms with Gasteiger partial charge in [-0.05, 0) is 31.7 Å². The Kier molecular flexibility index (Phi) is 6.78. The summed E-state index contributed by atoms with van der Waals surface area (Å²) >= 11 is 1.22. The van der Waals surface area contributed by atoms with Gasteiger partial charge in [0.15, 0.2) is 5.03 Å². The number of likely N-dealkylation sites (N-methyl/N-ethyl adjacent to an activating group) is 1. The predicted molar refractivity (Wildman–Crippen MR) is 80.4 cm³/mol. The van der Waals surface area contributed by atoms with Crippen molar-refractivity contribution in [3.8, 4) is 0 Å². The summed E-state index contributed by atoms with van der Waals surface area (Å²) in [6.45, 7) is 4.31. The van der Waals surface area contributed by atoms with E-state index >= 15 is 0 Å². The zero-order chi connectivity index (χ0) is 15.2. The van der Waals surface area contributed by atoms with E-state index in [0.29, 0.717) is 32.0 Å². The van der Waals surface area contributed by atoms with Crippen LogP contribution in [0.15, 0.2) is 5.10 Å². The monoisotopic (exact) mass is 324 g/mol. The van der Waals surface area contributed by atoms with Crippen molar-refractivity contribution in [2.45, 2.75) is 27.2 Å². The number of hydrogen-bond acceptors (Lipinski definition) is 5. The van der Waals surface area contributed by atoms with Crippen LogP contribution in [0.4, 0.5) is 0 Å². The smallest absolute Gasteiger partial charge is 0.336 e. The highest BCUT2D eigenvalue weighted by molar-refractivity contribution is 8.56. The Hall–Kier alpha value is -0.790. The molecule has 0 aromatic heterocycles. The van der Waals surface area contributed by atoms with Crippen LogP contribution in [0, 0.1) is 10.1 Å². The first kappa shape index (κ1) is 17.3. The molecule has 1 saturated heterocycles. The van der Waals surface area contributed by atoms with Crippen molar-refractivity contribution < 1.29 is 14.1 Å². The highest BCUT2D eigenvalue weighted by atomic mass is 32.7. The van der Waals surface area contributed by atoms with Crippen LogP contribution >= 0.6 is 18.1 Å². The minimum absolute atomic E-state index is 0.137. The molecule has 0 aromatic carbocycles. The van der Waals surface area contributed by atoms with E-state index in [2.05, 4.69) is 5.10 Å². The molecule has 1 rings (SSSR count). The Labute approximate surface area is 122 Å². The lowest BCUT2D eigenvalue weighted by Crippen LogP contribution is -2.32. The van der Waals surface area contributed by atoms with E-state index in [0.717, 1.165) is 6.42 Å². The molecule has 1 aliphatic rings. The first-order valence-electron chi connectivity index (χ1n) is 6.63. The first-order valence-corrected chi connectivity index (χ1v) is 9.80. The van der Waals surface area contributed by atoms with Crippen LogP contribution in [-0.2, 0) is 9.09 Å². The molecule has 10 heteroatoms. The zero-order valence-electron chi connectivity index (χ0n) is 12.0. The van der Waals surface area contributed by atoms with E-state index in [1.165, 1.54) is 16.1 Å². The Morgan fingerprint density at radius 2 is 2.15 bits per heavy atom. The van der Waals surface area contributed by atoms with Gasteiger partial charge in [-0.15, -0.1) is 0 Å². The van der Waals surface area contributed by atoms with Crippen molar-refractivity contribution >= 4 is 24.1 Å². The predicted octanol–water partition coefficient (Wildman–Crippen LogP) is 2.46. The van der Waals surface area contributed by atoms with E-state index in [-0.39, 0.29) is 5.96 Å². The molecule has 0 radical (unpaired) electrons. The third kappa shape index (κ3) is 4.10. The highest BCUT2D eigenvalue weighted by Crippen LogP contribution is 2.63. The molecule has 20 heavy (non-hydrogen) atoms. The Morgan fingerprint density at radius 1 is 1.45 bits per heavy atom. The summed E-state index contributed by atoms with van der Waals surface area (Å²) in [4.78, 5) is 12.4. The van der Waals surface area contributed by atoms with Crippen LogP contribution in [0.3, 0.4) is 0 Å². The molecule has 1 unspecified atom stereocenters. The van der Waals surface area contributed by atoms with Crippen molar-refractivity contribution in [2.75, 3.05) is 32.0 Å². The van der Waals surface area contributed by atoms with E-state index in [4.69, 9.17) is 4.52 Å². The number of rotatable bonds is 8. The summed E-state index contributed by atoms with van der Waals surface area (Å²) in [5, 5.41) is 13.3. The second kappa shape index (κ2) is 7.85. The van der Waals surface area contributed by atoms with Crippen molar-refractivity contribution in [3.63, 3.8) is 0 Å². The van der Waals surface area contributed by atoms with Gasteiger partial charge in [0.2, 0.25) is 0 Å². The van der Waals surface area contributed by atoms with Crippen LogP contribution < -0.4 is 0 Å². The Bertz CT molecular complexity index is 420. The van der Waals surface area contributed by atoms with Gasteiger partial charge in [0.1, 0.15) is 5.10 Å². The van der Waals surface area contributed by atoms with Crippen molar-refractivity contribution in [3.05, 3.63) is 10.1 Å². The molecule has 0 aliphatic carbocycles. The van der Waals surface area contributed by atoms with E-state index in [1.54, 1.807) is 11.8 Å². The average molecular weight is 324 g/mol. The second-order valence-electron chi connectivity index (χ2n) is 4.06. The third-order valence-corrected chi connectivity index (χ3v) is 7.60. The second-order valence-corrected chi connectivity index (χ2v) is 8.56. The number of hydrazone groups is 1. The van der Waals surface area contributed by atoms with Crippen LogP contribution in [0.1, 0.15) is 27.2 Å². The molecule has 0 spiro atoms. The van der Waals surface area contributed by atoms with Crippen molar-refractivity contribution in [2.24, 2.45) is 5.10 Å². The number of nitrogens with zero attached hydrogens (tertiary/aromatic N) is 4. The third-order valence-electron chi connectivity index (χ3n) is 2.69. The van der Waals surface area contributed by atoms with Gasteiger partial charge in [0.25, 0.3) is 5.96 Å². The molecule has 1 heterocycles. The molecule has 0 amide bonds. The van der Waals surface area contributed by atoms with Gasteiger partial charge in [-0.1, -0.05) is 6.92 Å². The molecule has 1 fully saturated rings. The fourth-order valence-electron chi connectivity index (χ4n) is 1.84. The molecule has 0 aromatic rings. The molecular formula is C10H21N4O4PS. The van der Waals surface area contributed by atoms with Crippen LogP contribution in [0.2, 0.25) is 0 Å². The summed E-state index contributed by atoms with van der Waals surface area (Å²) in [5.74, 6) is 0.809. The van der Waals surface area contributed by atoms with E-state index in [1.807, 2.05) is 13.8 Å². The summed E-state index contributed by atoms with van der Waals surface area (Å²) in [5.41, 5.74) is 0. The van der Waals surface area contributed by atoms with Crippen molar-refractivity contribution in [1.82, 2.24) is 9.57 Å². The summed E-state index contributed by atoms with van der Waals surface area (Å²) in [6.07, 6.45) is 0.856. The molecule has 8 nitrogen and oxygen atoms in total. The van der Waals surface area contributed by atoms with Crippen LogP contribution in [0.25, 0.3) is 0 Å². The average Bonchev–Trinajstić information content (AvgIpc) is 2.79. The molecule has 1 atom stereocenters. The largest absolute Gasteiger partial charge is 0.356 e. The first-order chi connectivity index (χ1) is 9.48. The minimum Gasteiger partial charge on any atom is -0.336 e. The molecule has 116 valence electrons. The van der Waals surface area contributed by atoms with Crippen LogP contribution in [-0.4, -0.2) is 52.6 Å². The lowest BCUT2D eigenvalue weighted by molar-refractivity contribution is -0.486. The standard InChI is InChI=1S/C10H21N4O4PS/c1-4-9-20-19(17,18-6-3)13-8-7-12(5-2)10(13)11-14(15)16/h4-9H2,1-3H3. The Morgan fingerprint density at radius 3 is 2.65 bits per heavy atom. The zero-order valence-corrected chi connectivity index (χ0v) is 13.7. The number of guanidine groups is 1. The lowest BCUT2D eigenvalue weighted by atomic mass is 10.6. The summed E-state index contributed by atoms with van der Waals surface area (Å²) < 4.78 is 19.9. The fourth-order valence-corrected chi connectivity index (χ4v) is 6.32. The molecule has 1 aliphatic heterocycles. The Balaban J connectivity index is 3.05. The van der Waals surface area contributed by atoms with Gasteiger partial charge in [-0.2, -0.15) is 0 Å².